The summed E-state index contributed by atoms with van der Waals surface area (Å²) >= 11 is 0. The quantitative estimate of drug-likeness (QED) is 0.714. The van der Waals surface area contributed by atoms with E-state index in [4.69, 9.17) is 5.73 Å². The fourth-order valence-corrected chi connectivity index (χ4v) is 2.06. The van der Waals surface area contributed by atoms with Crippen molar-refractivity contribution in [1.82, 2.24) is 5.32 Å². The average Bonchev–Trinajstić information content (AvgIpc) is 3.21. The van der Waals surface area contributed by atoms with Crippen molar-refractivity contribution in [3.05, 3.63) is 35.9 Å². The summed E-state index contributed by atoms with van der Waals surface area (Å²) in [5, 5.41) is 11.7. The van der Waals surface area contributed by atoms with E-state index in [9.17, 15) is 14.7 Å². The molecule has 1 amide bonds. The van der Waals surface area contributed by atoms with Crippen LogP contribution in [0.2, 0.25) is 0 Å². The third-order valence-corrected chi connectivity index (χ3v) is 3.33. The van der Waals surface area contributed by atoms with E-state index in [0.29, 0.717) is 11.5 Å². The van der Waals surface area contributed by atoms with Gasteiger partial charge in [0.1, 0.15) is 0 Å². The number of rotatable bonds is 6. The molecule has 0 saturated heterocycles. The molecule has 1 aromatic carbocycles. The maximum Gasteiger partial charge on any atom is 0.330 e. The van der Waals surface area contributed by atoms with E-state index >= 15 is 0 Å². The van der Waals surface area contributed by atoms with Crippen LogP contribution < -0.4 is 11.1 Å². The monoisotopic (exact) mass is 262 g/mol. The number of nitrogens with two attached hydrogens (primary N) is 1. The van der Waals surface area contributed by atoms with Gasteiger partial charge in [0.05, 0.1) is 0 Å². The molecule has 1 unspecified atom stereocenters. The minimum atomic E-state index is -1.07. The first kappa shape index (κ1) is 13.5. The molecular formula is C14H18N2O3. The Labute approximate surface area is 111 Å². The summed E-state index contributed by atoms with van der Waals surface area (Å²) in [6, 6.07) is 7.47. The second-order valence-electron chi connectivity index (χ2n) is 4.95. The Bertz CT molecular complexity index is 457. The predicted octanol–water partition coefficient (Wildman–Crippen LogP) is 1.06. The number of benzene rings is 1. The summed E-state index contributed by atoms with van der Waals surface area (Å²) in [7, 11) is 0. The average molecular weight is 262 g/mol. The Morgan fingerprint density at radius 3 is 2.47 bits per heavy atom. The van der Waals surface area contributed by atoms with Crippen LogP contribution in [0.5, 0.6) is 0 Å². The lowest BCUT2D eigenvalue weighted by Crippen LogP contribution is -2.37. The molecule has 5 heteroatoms. The molecule has 1 aromatic rings. The Kier molecular flexibility index (Phi) is 4.16. The van der Waals surface area contributed by atoms with Gasteiger partial charge in [0.2, 0.25) is 5.91 Å². The van der Waals surface area contributed by atoms with Gasteiger partial charge in [0.25, 0.3) is 0 Å². The van der Waals surface area contributed by atoms with Crippen LogP contribution >= 0.6 is 0 Å². The number of hydrogen-bond donors (Lipinski definition) is 3. The Hall–Kier alpha value is -1.88. The topological polar surface area (TPSA) is 92.4 Å². The van der Waals surface area contributed by atoms with Crippen molar-refractivity contribution < 1.29 is 14.7 Å². The smallest absolute Gasteiger partial charge is 0.330 e. The maximum atomic E-state index is 11.8. The lowest BCUT2D eigenvalue weighted by atomic mass is 10.1. The normalized spacial score (nSPS) is 17.5. The zero-order valence-corrected chi connectivity index (χ0v) is 10.6. The molecule has 0 heterocycles. The highest BCUT2D eigenvalue weighted by Crippen LogP contribution is 2.32. The van der Waals surface area contributed by atoms with Crippen LogP contribution in [0.3, 0.4) is 0 Å². The van der Waals surface area contributed by atoms with Crippen molar-refractivity contribution >= 4 is 11.9 Å². The summed E-state index contributed by atoms with van der Waals surface area (Å²) in [4.78, 5) is 23.0. The van der Waals surface area contributed by atoms with Gasteiger partial charge in [-0.3, -0.25) is 4.79 Å². The van der Waals surface area contributed by atoms with Crippen LogP contribution in [0.25, 0.3) is 0 Å². The number of hydrogen-bond acceptors (Lipinski definition) is 3. The van der Waals surface area contributed by atoms with Crippen molar-refractivity contribution in [3.8, 4) is 0 Å². The van der Waals surface area contributed by atoms with Gasteiger partial charge in [-0.15, -0.1) is 0 Å². The van der Waals surface area contributed by atoms with Crippen molar-refractivity contribution in [2.75, 3.05) is 0 Å². The molecule has 19 heavy (non-hydrogen) atoms. The molecule has 0 bridgehead atoms. The lowest BCUT2D eigenvalue weighted by Gasteiger charge is -2.16. The van der Waals surface area contributed by atoms with Crippen LogP contribution in [0, 0.1) is 5.92 Å². The minimum Gasteiger partial charge on any atom is -0.479 e. The van der Waals surface area contributed by atoms with E-state index in [2.05, 4.69) is 5.32 Å². The number of aliphatic carboxylic acids is 1. The number of carboxylic acids is 1. The zero-order valence-electron chi connectivity index (χ0n) is 10.6. The van der Waals surface area contributed by atoms with Gasteiger partial charge in [-0.05, 0) is 24.3 Å². The van der Waals surface area contributed by atoms with Gasteiger partial charge in [-0.1, -0.05) is 30.3 Å². The Balaban J connectivity index is 1.96. The summed E-state index contributed by atoms with van der Waals surface area (Å²) in [6.45, 7) is 0. The molecule has 1 saturated carbocycles. The summed E-state index contributed by atoms with van der Waals surface area (Å²) in [6.07, 6.45) is 2.31. The van der Waals surface area contributed by atoms with Gasteiger partial charge in [0, 0.05) is 12.5 Å². The van der Waals surface area contributed by atoms with E-state index in [1.54, 1.807) is 30.3 Å². The zero-order chi connectivity index (χ0) is 13.8. The van der Waals surface area contributed by atoms with Gasteiger partial charge in [-0.2, -0.15) is 0 Å². The Morgan fingerprint density at radius 1 is 1.32 bits per heavy atom. The van der Waals surface area contributed by atoms with Gasteiger partial charge < -0.3 is 16.2 Å². The number of carbonyl (C=O) groups excluding carboxylic acids is 1. The molecular weight excluding hydrogens is 244 g/mol. The summed E-state index contributed by atoms with van der Waals surface area (Å²) in [5.41, 5.74) is 6.42. The van der Waals surface area contributed by atoms with Crippen molar-refractivity contribution in [1.29, 1.82) is 0 Å². The third kappa shape index (κ3) is 3.79. The number of carboxylic acid groups (broad SMARTS) is 1. The fraction of sp³-hybridized carbons (Fsp3) is 0.429. The molecule has 1 aliphatic carbocycles. The van der Waals surface area contributed by atoms with E-state index in [1.165, 1.54) is 0 Å². The molecule has 4 N–H and O–H groups in total. The maximum absolute atomic E-state index is 11.8. The van der Waals surface area contributed by atoms with E-state index in [-0.39, 0.29) is 18.4 Å². The number of nitrogens with one attached hydrogen (secondary N) is 1. The van der Waals surface area contributed by atoms with Crippen LogP contribution in [-0.4, -0.2) is 23.0 Å². The van der Waals surface area contributed by atoms with E-state index in [1.807, 2.05) is 0 Å². The standard InChI is InChI=1S/C14H18N2O3/c15-11(9-6-7-9)8-12(17)16-13(14(18)19)10-4-2-1-3-5-10/h1-5,9,11,13H,6-8,15H2,(H,16,17)(H,18,19)/t11?,13-/m1/s1. The number of carbonyl (C=O) groups is 2. The van der Waals surface area contributed by atoms with E-state index in [0.717, 1.165) is 12.8 Å². The second-order valence-corrected chi connectivity index (χ2v) is 4.95. The Morgan fingerprint density at radius 2 is 1.95 bits per heavy atom. The fourth-order valence-electron chi connectivity index (χ4n) is 2.06. The van der Waals surface area contributed by atoms with Crippen molar-refractivity contribution in [2.24, 2.45) is 11.7 Å². The molecule has 1 aliphatic rings. The molecule has 0 radical (unpaired) electrons. The van der Waals surface area contributed by atoms with Crippen molar-refractivity contribution in [3.63, 3.8) is 0 Å². The van der Waals surface area contributed by atoms with Crippen LogP contribution in [0.4, 0.5) is 0 Å². The van der Waals surface area contributed by atoms with Crippen LogP contribution in [0.1, 0.15) is 30.9 Å². The molecule has 2 atom stereocenters. The molecule has 0 aliphatic heterocycles. The minimum absolute atomic E-state index is 0.162. The summed E-state index contributed by atoms with van der Waals surface area (Å²) < 4.78 is 0. The SMILES string of the molecule is NC(CC(=O)N[C@@H](C(=O)O)c1ccccc1)C1CC1. The highest BCUT2D eigenvalue weighted by atomic mass is 16.4. The number of amides is 1. The van der Waals surface area contributed by atoms with Crippen molar-refractivity contribution in [2.45, 2.75) is 31.3 Å². The van der Waals surface area contributed by atoms with E-state index < -0.39 is 12.0 Å². The molecule has 0 spiro atoms. The van der Waals surface area contributed by atoms with Gasteiger partial charge in [-0.25, -0.2) is 4.79 Å². The predicted molar refractivity (Wildman–Crippen MR) is 70.3 cm³/mol. The molecule has 0 aromatic heterocycles. The molecule has 2 rings (SSSR count). The summed E-state index contributed by atoms with van der Waals surface area (Å²) in [5.74, 6) is -0.957. The first-order valence-corrected chi connectivity index (χ1v) is 6.40. The molecule has 5 nitrogen and oxygen atoms in total. The lowest BCUT2D eigenvalue weighted by molar-refractivity contribution is -0.142. The highest BCUT2D eigenvalue weighted by Gasteiger charge is 2.31. The second kappa shape index (κ2) is 5.84. The molecule has 1 fully saturated rings. The third-order valence-electron chi connectivity index (χ3n) is 3.33. The van der Waals surface area contributed by atoms with Gasteiger partial charge >= 0.3 is 5.97 Å². The van der Waals surface area contributed by atoms with Gasteiger partial charge in [0.15, 0.2) is 6.04 Å². The van der Waals surface area contributed by atoms with Crippen LogP contribution in [0.15, 0.2) is 30.3 Å². The molecule has 102 valence electrons. The van der Waals surface area contributed by atoms with Crippen LogP contribution in [-0.2, 0) is 9.59 Å². The largest absolute Gasteiger partial charge is 0.479 e. The highest BCUT2D eigenvalue weighted by molar-refractivity contribution is 5.84. The first-order chi connectivity index (χ1) is 9.08. The first-order valence-electron chi connectivity index (χ1n) is 6.40.